The van der Waals surface area contributed by atoms with Gasteiger partial charge in [0.25, 0.3) is 5.91 Å². The Bertz CT molecular complexity index is 547. The molecule has 130 valence electrons. The first-order valence-corrected chi connectivity index (χ1v) is 9.39. The summed E-state index contributed by atoms with van der Waals surface area (Å²) in [5.41, 5.74) is 2.83. The van der Waals surface area contributed by atoms with Crippen LogP contribution in [0.2, 0.25) is 0 Å². The van der Waals surface area contributed by atoms with Gasteiger partial charge in [0.2, 0.25) is 0 Å². The Kier molecular flexibility index (Phi) is 6.30. The van der Waals surface area contributed by atoms with Crippen LogP contribution in [0, 0.1) is 0 Å². The summed E-state index contributed by atoms with van der Waals surface area (Å²) in [7, 11) is 0. The number of allylic oxidation sites excluding steroid dienone is 1. The number of carbonyl (C=O) groups is 1. The average molecular weight is 328 g/mol. The van der Waals surface area contributed by atoms with Crippen LogP contribution in [-0.4, -0.2) is 45.2 Å². The molecule has 1 aliphatic carbocycles. The zero-order valence-corrected chi connectivity index (χ0v) is 14.6. The molecule has 0 atom stereocenters. The topological polar surface area (TPSA) is 36.8 Å². The molecule has 24 heavy (non-hydrogen) atoms. The molecule has 1 amide bonds. The van der Waals surface area contributed by atoms with E-state index in [-0.39, 0.29) is 5.91 Å². The Balaban J connectivity index is 1.33. The molecule has 1 aromatic carbocycles. The predicted molar refractivity (Wildman–Crippen MR) is 98.4 cm³/mol. The molecule has 4 nitrogen and oxygen atoms in total. The number of benzene rings is 1. The molecule has 2 aliphatic rings. The maximum absolute atomic E-state index is 12.1. The molecule has 1 aromatic rings. The van der Waals surface area contributed by atoms with Crippen molar-refractivity contribution in [1.29, 1.82) is 0 Å². The maximum Gasteiger partial charge on any atom is 0.275 e. The summed E-state index contributed by atoms with van der Waals surface area (Å²) in [6.07, 6.45) is 8.48. The van der Waals surface area contributed by atoms with E-state index in [1.54, 1.807) is 0 Å². The van der Waals surface area contributed by atoms with Crippen LogP contribution in [0.25, 0.3) is 0 Å². The van der Waals surface area contributed by atoms with Crippen molar-refractivity contribution >= 4 is 11.6 Å². The summed E-state index contributed by atoms with van der Waals surface area (Å²) in [5.74, 6) is 0.203. The zero-order chi connectivity index (χ0) is 16.6. The summed E-state index contributed by atoms with van der Waals surface area (Å²) in [4.78, 5) is 16.0. The SMILES string of the molecule is O=C(C[NH+]1CCN(c2ccccc2)CC1)NCCC1=CCCCC1. The number of rotatable bonds is 6. The van der Waals surface area contributed by atoms with E-state index in [0.29, 0.717) is 6.54 Å². The second-order valence-electron chi connectivity index (χ2n) is 6.96. The summed E-state index contributed by atoms with van der Waals surface area (Å²) in [6.45, 7) is 5.54. The van der Waals surface area contributed by atoms with Crippen LogP contribution >= 0.6 is 0 Å². The Hall–Kier alpha value is -1.81. The number of anilines is 1. The summed E-state index contributed by atoms with van der Waals surface area (Å²) in [5, 5.41) is 3.11. The highest BCUT2D eigenvalue weighted by Gasteiger charge is 2.22. The molecular weight excluding hydrogens is 298 g/mol. The number of piperazine rings is 1. The molecule has 1 aliphatic heterocycles. The van der Waals surface area contributed by atoms with E-state index >= 15 is 0 Å². The lowest BCUT2D eigenvalue weighted by atomic mass is 9.97. The molecular formula is C20H30N3O+. The lowest BCUT2D eigenvalue weighted by Crippen LogP contribution is -3.15. The van der Waals surface area contributed by atoms with Gasteiger partial charge in [-0.1, -0.05) is 29.8 Å². The van der Waals surface area contributed by atoms with Crippen LogP contribution in [0.3, 0.4) is 0 Å². The first-order valence-electron chi connectivity index (χ1n) is 9.39. The molecule has 1 fully saturated rings. The van der Waals surface area contributed by atoms with Crippen molar-refractivity contribution < 1.29 is 9.69 Å². The fourth-order valence-corrected chi connectivity index (χ4v) is 3.68. The summed E-state index contributed by atoms with van der Waals surface area (Å²) in [6, 6.07) is 10.6. The van der Waals surface area contributed by atoms with E-state index in [4.69, 9.17) is 0 Å². The first kappa shape index (κ1) is 17.0. The van der Waals surface area contributed by atoms with Gasteiger partial charge < -0.3 is 15.1 Å². The standard InChI is InChI=1S/C20H29N3O/c24-20(21-12-11-18-7-3-1-4-8-18)17-22-13-15-23(16-14-22)19-9-5-2-6-10-19/h2,5-7,9-10H,1,3-4,8,11-17H2,(H,21,24)/p+1. The fraction of sp³-hybridized carbons (Fsp3) is 0.550. The number of para-hydroxylation sites is 1. The summed E-state index contributed by atoms with van der Waals surface area (Å²) >= 11 is 0. The van der Waals surface area contributed by atoms with Crippen LogP contribution in [0.5, 0.6) is 0 Å². The second kappa shape index (κ2) is 8.88. The van der Waals surface area contributed by atoms with Crippen LogP contribution in [0.15, 0.2) is 42.0 Å². The number of amides is 1. The van der Waals surface area contributed by atoms with Crippen LogP contribution in [-0.2, 0) is 4.79 Å². The third kappa shape index (κ3) is 5.10. The number of quaternary nitrogens is 1. The molecule has 4 heteroatoms. The molecule has 0 saturated carbocycles. The van der Waals surface area contributed by atoms with Gasteiger partial charge in [-0.15, -0.1) is 0 Å². The van der Waals surface area contributed by atoms with Gasteiger partial charge in [0.15, 0.2) is 6.54 Å². The fourth-order valence-electron chi connectivity index (χ4n) is 3.68. The molecule has 0 spiro atoms. The molecule has 2 N–H and O–H groups in total. The molecule has 0 aromatic heterocycles. The second-order valence-corrected chi connectivity index (χ2v) is 6.96. The van der Waals surface area contributed by atoms with Crippen molar-refractivity contribution in [3.63, 3.8) is 0 Å². The molecule has 3 rings (SSSR count). The monoisotopic (exact) mass is 328 g/mol. The highest BCUT2D eigenvalue weighted by molar-refractivity contribution is 5.76. The van der Waals surface area contributed by atoms with Gasteiger partial charge in [-0.3, -0.25) is 4.79 Å². The van der Waals surface area contributed by atoms with Gasteiger partial charge in [-0.2, -0.15) is 0 Å². The van der Waals surface area contributed by atoms with Gasteiger partial charge >= 0.3 is 0 Å². The smallest absolute Gasteiger partial charge is 0.275 e. The molecule has 0 unspecified atom stereocenters. The normalized spacial score (nSPS) is 19.0. The highest BCUT2D eigenvalue weighted by atomic mass is 16.2. The van der Waals surface area contributed by atoms with Crippen molar-refractivity contribution in [2.24, 2.45) is 0 Å². The maximum atomic E-state index is 12.1. The van der Waals surface area contributed by atoms with E-state index in [9.17, 15) is 4.79 Å². The number of hydrogen-bond donors (Lipinski definition) is 2. The minimum Gasteiger partial charge on any atom is -0.360 e. The van der Waals surface area contributed by atoms with E-state index in [1.807, 2.05) is 0 Å². The van der Waals surface area contributed by atoms with Crippen molar-refractivity contribution in [3.8, 4) is 0 Å². The third-order valence-electron chi connectivity index (χ3n) is 5.16. The van der Waals surface area contributed by atoms with Crippen LogP contribution in [0.4, 0.5) is 5.69 Å². The lowest BCUT2D eigenvalue weighted by Gasteiger charge is -2.33. The Morgan fingerprint density at radius 3 is 2.62 bits per heavy atom. The zero-order valence-electron chi connectivity index (χ0n) is 14.6. The van der Waals surface area contributed by atoms with Crippen molar-refractivity contribution in [2.75, 3.05) is 44.2 Å². The Morgan fingerprint density at radius 1 is 1.12 bits per heavy atom. The van der Waals surface area contributed by atoms with Crippen LogP contribution < -0.4 is 15.1 Å². The van der Waals surface area contributed by atoms with E-state index in [1.165, 1.54) is 41.8 Å². The molecule has 0 radical (unpaired) electrons. The molecule has 1 saturated heterocycles. The quantitative estimate of drug-likeness (QED) is 0.775. The lowest BCUT2D eigenvalue weighted by molar-refractivity contribution is -0.892. The first-order chi connectivity index (χ1) is 11.8. The van der Waals surface area contributed by atoms with Gasteiger partial charge in [0.1, 0.15) is 0 Å². The number of hydrogen-bond acceptors (Lipinski definition) is 2. The highest BCUT2D eigenvalue weighted by Crippen LogP contribution is 2.19. The van der Waals surface area contributed by atoms with Gasteiger partial charge in [-0.05, 0) is 44.2 Å². The van der Waals surface area contributed by atoms with Crippen molar-refractivity contribution in [1.82, 2.24) is 5.32 Å². The van der Waals surface area contributed by atoms with Crippen LogP contribution in [0.1, 0.15) is 32.1 Å². The number of nitrogens with zero attached hydrogens (tertiary/aromatic N) is 1. The van der Waals surface area contributed by atoms with Crippen molar-refractivity contribution in [2.45, 2.75) is 32.1 Å². The minimum atomic E-state index is 0.203. The Labute approximate surface area is 145 Å². The van der Waals surface area contributed by atoms with E-state index in [2.05, 4.69) is 46.6 Å². The third-order valence-corrected chi connectivity index (χ3v) is 5.16. The number of nitrogens with one attached hydrogen (secondary N) is 2. The largest absolute Gasteiger partial charge is 0.360 e. The molecule has 1 heterocycles. The average Bonchev–Trinajstić information content (AvgIpc) is 2.64. The van der Waals surface area contributed by atoms with E-state index < -0.39 is 0 Å². The predicted octanol–water partition coefficient (Wildman–Crippen LogP) is 1.40. The molecule has 0 bridgehead atoms. The summed E-state index contributed by atoms with van der Waals surface area (Å²) < 4.78 is 0. The van der Waals surface area contributed by atoms with Gasteiger partial charge in [0, 0.05) is 12.2 Å². The van der Waals surface area contributed by atoms with Gasteiger partial charge in [-0.25, -0.2) is 0 Å². The number of carbonyl (C=O) groups excluding carboxylic acids is 1. The van der Waals surface area contributed by atoms with Crippen molar-refractivity contribution in [3.05, 3.63) is 42.0 Å². The van der Waals surface area contributed by atoms with E-state index in [0.717, 1.165) is 39.1 Å². The minimum absolute atomic E-state index is 0.203. The Morgan fingerprint density at radius 2 is 1.92 bits per heavy atom. The van der Waals surface area contributed by atoms with Gasteiger partial charge in [0.05, 0.1) is 26.2 Å².